The molecule has 3 rings (SSSR count). The number of methoxy groups -OCH3 is 1. The molecule has 2 unspecified atom stereocenters. The molecule has 0 bridgehead atoms. The van der Waals surface area contributed by atoms with Gasteiger partial charge in [0.2, 0.25) is 11.7 Å². The normalized spacial score (nSPS) is 30.0. The molecular weight excluding hydrogens is 276 g/mol. The van der Waals surface area contributed by atoms with Gasteiger partial charge in [0.05, 0.1) is 11.8 Å². The average Bonchev–Trinajstić information content (AvgIpc) is 2.84. The zero-order valence-corrected chi connectivity index (χ0v) is 12.5. The fourth-order valence-electron chi connectivity index (χ4n) is 3.33. The molecule has 2 fully saturated rings. The Balaban J connectivity index is 1.86. The summed E-state index contributed by atoms with van der Waals surface area (Å²) >= 11 is 0. The first kappa shape index (κ1) is 14.5. The van der Waals surface area contributed by atoms with Crippen LogP contribution in [0.3, 0.4) is 0 Å². The summed E-state index contributed by atoms with van der Waals surface area (Å²) in [5.74, 6) is -0.637. The summed E-state index contributed by atoms with van der Waals surface area (Å²) in [5.41, 5.74) is -0.941. The highest BCUT2D eigenvalue weighted by Gasteiger charge is 2.65. The first-order valence-electron chi connectivity index (χ1n) is 7.12. The molecular formula is C14H20N2O5. The van der Waals surface area contributed by atoms with Crippen molar-refractivity contribution >= 4 is 5.97 Å². The van der Waals surface area contributed by atoms with Gasteiger partial charge in [-0.1, -0.05) is 19.0 Å². The SMILES string of the molecule is COC1(c2noc(C3C(C(=O)O)C3(C)C)n2)CCOCC1. The number of ether oxygens (including phenoxy) is 2. The van der Waals surface area contributed by atoms with Gasteiger partial charge in [-0.15, -0.1) is 0 Å². The maximum absolute atomic E-state index is 11.3. The van der Waals surface area contributed by atoms with E-state index in [2.05, 4.69) is 10.1 Å². The lowest BCUT2D eigenvalue weighted by atomic mass is 9.93. The lowest BCUT2D eigenvalue weighted by molar-refractivity contribution is -0.139. The minimum atomic E-state index is -0.822. The fraction of sp³-hybridized carbons (Fsp3) is 0.786. The van der Waals surface area contributed by atoms with Crippen molar-refractivity contribution in [1.29, 1.82) is 0 Å². The monoisotopic (exact) mass is 296 g/mol. The Kier molecular flexibility index (Phi) is 3.29. The number of nitrogens with zero attached hydrogens (tertiary/aromatic N) is 2. The fourth-order valence-corrected chi connectivity index (χ4v) is 3.33. The number of hydrogen-bond acceptors (Lipinski definition) is 6. The number of carboxylic acid groups (broad SMARTS) is 1. The second kappa shape index (κ2) is 4.78. The van der Waals surface area contributed by atoms with E-state index >= 15 is 0 Å². The van der Waals surface area contributed by atoms with E-state index in [1.54, 1.807) is 7.11 Å². The molecule has 7 heteroatoms. The Morgan fingerprint density at radius 3 is 2.57 bits per heavy atom. The summed E-state index contributed by atoms with van der Waals surface area (Å²) in [4.78, 5) is 15.7. The quantitative estimate of drug-likeness (QED) is 0.900. The summed E-state index contributed by atoms with van der Waals surface area (Å²) in [6.07, 6.45) is 1.33. The molecule has 21 heavy (non-hydrogen) atoms. The molecule has 2 heterocycles. The van der Waals surface area contributed by atoms with Crippen molar-refractivity contribution < 1.29 is 23.9 Å². The van der Waals surface area contributed by atoms with Gasteiger partial charge in [0.1, 0.15) is 5.60 Å². The maximum Gasteiger partial charge on any atom is 0.307 e. The Bertz CT molecular complexity index is 547. The highest BCUT2D eigenvalue weighted by atomic mass is 16.5. The first-order valence-corrected chi connectivity index (χ1v) is 7.12. The Morgan fingerprint density at radius 1 is 1.38 bits per heavy atom. The van der Waals surface area contributed by atoms with Gasteiger partial charge in [-0.3, -0.25) is 4.79 Å². The summed E-state index contributed by atoms with van der Waals surface area (Å²) in [6, 6.07) is 0. The van der Waals surface area contributed by atoms with Crippen LogP contribution in [0.5, 0.6) is 0 Å². The summed E-state index contributed by atoms with van der Waals surface area (Å²) in [6.45, 7) is 4.98. The predicted molar refractivity (Wildman–Crippen MR) is 70.7 cm³/mol. The lowest BCUT2D eigenvalue weighted by Crippen LogP contribution is -2.36. The minimum absolute atomic E-state index is 0.231. The van der Waals surface area contributed by atoms with Crippen molar-refractivity contribution in [3.63, 3.8) is 0 Å². The Morgan fingerprint density at radius 2 is 2.05 bits per heavy atom. The van der Waals surface area contributed by atoms with Crippen LogP contribution in [0, 0.1) is 11.3 Å². The standard InChI is InChI=1S/C14H20N2O5/c1-13(2)8(9(13)11(17)18)10-15-12(16-21-10)14(19-3)4-6-20-7-5-14/h8-9H,4-7H2,1-3H3,(H,17,18). The molecule has 116 valence electrons. The molecule has 2 aliphatic rings. The van der Waals surface area contributed by atoms with Crippen molar-refractivity contribution in [1.82, 2.24) is 10.1 Å². The van der Waals surface area contributed by atoms with Crippen LogP contribution in [0.4, 0.5) is 0 Å². The number of hydrogen-bond donors (Lipinski definition) is 1. The number of carbonyl (C=O) groups is 1. The van der Waals surface area contributed by atoms with E-state index in [1.807, 2.05) is 13.8 Å². The van der Waals surface area contributed by atoms with Gasteiger partial charge < -0.3 is 19.1 Å². The van der Waals surface area contributed by atoms with E-state index < -0.39 is 17.5 Å². The number of aliphatic carboxylic acids is 1. The van der Waals surface area contributed by atoms with Crippen LogP contribution >= 0.6 is 0 Å². The highest BCUT2D eigenvalue weighted by molar-refractivity contribution is 5.77. The van der Waals surface area contributed by atoms with Crippen molar-refractivity contribution in [2.45, 2.75) is 38.2 Å². The van der Waals surface area contributed by atoms with Crippen LogP contribution in [0.15, 0.2) is 4.52 Å². The van der Waals surface area contributed by atoms with Crippen LogP contribution in [0.1, 0.15) is 44.3 Å². The Labute approximate surface area is 122 Å². The van der Waals surface area contributed by atoms with Gasteiger partial charge in [-0.2, -0.15) is 4.98 Å². The number of rotatable bonds is 4. The van der Waals surface area contributed by atoms with Crippen molar-refractivity contribution in [2.24, 2.45) is 11.3 Å². The van der Waals surface area contributed by atoms with E-state index in [-0.39, 0.29) is 11.3 Å². The third kappa shape index (κ3) is 2.15. The molecule has 1 saturated heterocycles. The van der Waals surface area contributed by atoms with Gasteiger partial charge in [0.25, 0.3) is 0 Å². The smallest absolute Gasteiger partial charge is 0.307 e. The molecule has 1 N–H and O–H groups in total. The van der Waals surface area contributed by atoms with Crippen LogP contribution in [0.25, 0.3) is 0 Å². The van der Waals surface area contributed by atoms with Crippen molar-refractivity contribution in [2.75, 3.05) is 20.3 Å². The number of carboxylic acids is 1. The van der Waals surface area contributed by atoms with E-state index in [9.17, 15) is 9.90 Å². The van der Waals surface area contributed by atoms with Crippen LogP contribution in [0.2, 0.25) is 0 Å². The van der Waals surface area contributed by atoms with Gasteiger partial charge in [-0.25, -0.2) is 0 Å². The van der Waals surface area contributed by atoms with E-state index in [0.29, 0.717) is 37.8 Å². The van der Waals surface area contributed by atoms with Crippen LogP contribution in [-0.2, 0) is 19.9 Å². The number of aromatic nitrogens is 2. The summed E-state index contributed by atoms with van der Waals surface area (Å²) in [5, 5.41) is 13.3. The first-order chi connectivity index (χ1) is 9.92. The Hall–Kier alpha value is -1.47. The molecule has 2 atom stereocenters. The summed E-state index contributed by atoms with van der Waals surface area (Å²) in [7, 11) is 1.63. The molecule has 1 aliphatic heterocycles. The minimum Gasteiger partial charge on any atom is -0.481 e. The third-order valence-electron chi connectivity index (χ3n) is 4.90. The zero-order valence-electron chi connectivity index (χ0n) is 12.5. The van der Waals surface area contributed by atoms with E-state index in [0.717, 1.165) is 0 Å². The van der Waals surface area contributed by atoms with Crippen molar-refractivity contribution in [3.8, 4) is 0 Å². The third-order valence-corrected chi connectivity index (χ3v) is 4.90. The highest BCUT2D eigenvalue weighted by Crippen LogP contribution is 2.64. The van der Waals surface area contributed by atoms with Crippen molar-refractivity contribution in [3.05, 3.63) is 11.7 Å². The maximum atomic E-state index is 11.3. The molecule has 1 aliphatic carbocycles. The topological polar surface area (TPSA) is 94.7 Å². The van der Waals surface area contributed by atoms with Crippen LogP contribution < -0.4 is 0 Å². The average molecular weight is 296 g/mol. The molecule has 1 aromatic heterocycles. The summed E-state index contributed by atoms with van der Waals surface area (Å²) < 4.78 is 16.3. The van der Waals surface area contributed by atoms with E-state index in [4.69, 9.17) is 14.0 Å². The van der Waals surface area contributed by atoms with Gasteiger partial charge in [0.15, 0.2) is 0 Å². The van der Waals surface area contributed by atoms with Gasteiger partial charge in [-0.05, 0) is 5.41 Å². The molecule has 1 aromatic rings. The molecule has 0 amide bonds. The second-order valence-electron chi connectivity index (χ2n) is 6.38. The molecule has 0 aromatic carbocycles. The van der Waals surface area contributed by atoms with E-state index in [1.165, 1.54) is 0 Å². The molecule has 1 saturated carbocycles. The molecule has 7 nitrogen and oxygen atoms in total. The predicted octanol–water partition coefficient (Wildman–Crippen LogP) is 1.55. The largest absolute Gasteiger partial charge is 0.481 e. The second-order valence-corrected chi connectivity index (χ2v) is 6.38. The molecule has 0 spiro atoms. The molecule has 0 radical (unpaired) electrons. The lowest BCUT2D eigenvalue weighted by Gasteiger charge is -2.32. The van der Waals surface area contributed by atoms with Crippen LogP contribution in [-0.4, -0.2) is 41.5 Å². The zero-order chi connectivity index (χ0) is 15.3. The van der Waals surface area contributed by atoms with Gasteiger partial charge in [0, 0.05) is 33.2 Å². The van der Waals surface area contributed by atoms with Gasteiger partial charge >= 0.3 is 5.97 Å².